The largest absolute Gasteiger partial charge is 0.307 e. The first kappa shape index (κ1) is 11.8. The second-order valence-electron chi connectivity index (χ2n) is 2.81. The van der Waals surface area contributed by atoms with Crippen LogP contribution in [0.15, 0.2) is 60.7 Å². The first-order valence-corrected chi connectivity index (χ1v) is 5.17. The molecular weight excluding hydrogens is 208 g/mol. The van der Waals surface area contributed by atoms with Crippen LogP contribution in [-0.4, -0.2) is 9.11 Å². The van der Waals surface area contributed by atoms with Crippen LogP contribution in [-0.2, 0) is 0 Å². The summed E-state index contributed by atoms with van der Waals surface area (Å²) in [5.41, 5.74) is 2.55. The lowest BCUT2D eigenvalue weighted by Gasteiger charge is -1.98. The van der Waals surface area contributed by atoms with Crippen molar-refractivity contribution < 1.29 is 9.11 Å². The third kappa shape index (κ3) is 4.16. The van der Waals surface area contributed by atoms with Gasteiger partial charge >= 0.3 is 0 Å². The molecule has 2 rings (SSSR count). The zero-order valence-corrected chi connectivity index (χ0v) is 8.89. The van der Waals surface area contributed by atoms with Crippen molar-refractivity contribution in [2.75, 3.05) is 0 Å². The Morgan fingerprint density at radius 1 is 0.600 bits per heavy atom. The van der Waals surface area contributed by atoms with Crippen LogP contribution in [0.2, 0.25) is 0 Å². The van der Waals surface area contributed by atoms with E-state index in [1.807, 2.05) is 12.1 Å². The van der Waals surface area contributed by atoms with E-state index in [0.29, 0.717) is 0 Å². The first-order valence-electron chi connectivity index (χ1n) is 4.44. The van der Waals surface area contributed by atoms with Gasteiger partial charge in [0.1, 0.15) is 0 Å². The van der Waals surface area contributed by atoms with E-state index in [1.165, 1.54) is 11.1 Å². The summed E-state index contributed by atoms with van der Waals surface area (Å²) >= 11 is -0.250. The van der Waals surface area contributed by atoms with Crippen molar-refractivity contribution in [3.05, 3.63) is 60.7 Å². The number of hydrogen-bond donors (Lipinski definition) is 2. The Kier molecular flexibility index (Phi) is 5.55. The van der Waals surface area contributed by atoms with E-state index >= 15 is 0 Å². The summed E-state index contributed by atoms with van der Waals surface area (Å²) in [6.45, 7) is 0. The molecule has 2 aromatic carbocycles. The van der Waals surface area contributed by atoms with Crippen molar-refractivity contribution in [3.8, 4) is 11.1 Å². The molecule has 0 aliphatic carbocycles. The van der Waals surface area contributed by atoms with Gasteiger partial charge < -0.3 is 9.11 Å². The van der Waals surface area contributed by atoms with E-state index in [-0.39, 0.29) is 12.3 Å². The Labute approximate surface area is 93.6 Å². The maximum Gasteiger partial charge on any atom is 0.152 e. The Balaban J connectivity index is 0.000000337. The highest BCUT2D eigenvalue weighted by Gasteiger charge is 1.91. The van der Waals surface area contributed by atoms with Crippen LogP contribution in [0.4, 0.5) is 0 Å². The predicted molar refractivity (Wildman–Crippen MR) is 64.7 cm³/mol. The third-order valence-corrected chi connectivity index (χ3v) is 1.88. The van der Waals surface area contributed by atoms with E-state index in [1.54, 1.807) is 0 Å². The van der Waals surface area contributed by atoms with Crippen LogP contribution in [0.25, 0.3) is 11.1 Å². The topological polar surface area (TPSA) is 40.5 Å². The van der Waals surface area contributed by atoms with E-state index in [4.69, 9.17) is 9.11 Å². The molecule has 15 heavy (non-hydrogen) atoms. The van der Waals surface area contributed by atoms with Crippen molar-refractivity contribution in [3.63, 3.8) is 0 Å². The van der Waals surface area contributed by atoms with Crippen LogP contribution >= 0.6 is 12.3 Å². The van der Waals surface area contributed by atoms with Crippen molar-refractivity contribution in [1.29, 1.82) is 0 Å². The fraction of sp³-hybridized carbons (Fsp3) is 0. The molecule has 78 valence electrons. The highest BCUT2D eigenvalue weighted by atomic mass is 32.2. The van der Waals surface area contributed by atoms with Gasteiger partial charge in [0, 0.05) is 0 Å². The molecule has 0 spiro atoms. The third-order valence-electron chi connectivity index (χ3n) is 1.88. The van der Waals surface area contributed by atoms with Crippen LogP contribution in [0.1, 0.15) is 0 Å². The van der Waals surface area contributed by atoms with E-state index < -0.39 is 0 Å². The minimum absolute atomic E-state index is 0.250. The van der Waals surface area contributed by atoms with Crippen molar-refractivity contribution in [2.24, 2.45) is 0 Å². The Morgan fingerprint density at radius 2 is 0.867 bits per heavy atom. The highest BCUT2D eigenvalue weighted by molar-refractivity contribution is 7.87. The molecule has 0 aliphatic rings. The minimum atomic E-state index is -0.250. The standard InChI is InChI=1S/C12H10.H2O2S/c1-3-7-11(8-4-1)12-9-5-2-6-10-12;1-3-2/h1-10H;1-2H. The minimum Gasteiger partial charge on any atom is -0.307 e. The quantitative estimate of drug-likeness (QED) is 0.713. The Hall–Kier alpha value is -1.29. The molecule has 0 saturated heterocycles. The molecule has 3 heteroatoms. The molecule has 2 aromatic rings. The SMILES string of the molecule is OSO.c1ccc(-c2ccccc2)cc1. The van der Waals surface area contributed by atoms with Crippen LogP contribution < -0.4 is 0 Å². The summed E-state index contributed by atoms with van der Waals surface area (Å²) in [7, 11) is 0. The Morgan fingerprint density at radius 3 is 1.13 bits per heavy atom. The molecule has 0 radical (unpaired) electrons. The smallest absolute Gasteiger partial charge is 0.152 e. The molecule has 0 aliphatic heterocycles. The van der Waals surface area contributed by atoms with E-state index in [0.717, 1.165) is 0 Å². The predicted octanol–water partition coefficient (Wildman–Crippen LogP) is 4.02. The van der Waals surface area contributed by atoms with Gasteiger partial charge in [0.25, 0.3) is 0 Å². The van der Waals surface area contributed by atoms with Gasteiger partial charge in [-0.2, -0.15) is 0 Å². The lowest BCUT2D eigenvalue weighted by atomic mass is 10.1. The number of benzene rings is 2. The second-order valence-corrected chi connectivity index (χ2v) is 2.98. The summed E-state index contributed by atoms with van der Waals surface area (Å²) in [6.07, 6.45) is 0. The zero-order valence-electron chi connectivity index (χ0n) is 8.08. The fourth-order valence-corrected chi connectivity index (χ4v) is 1.26. The summed E-state index contributed by atoms with van der Waals surface area (Å²) in [4.78, 5) is 0. The number of rotatable bonds is 1. The summed E-state index contributed by atoms with van der Waals surface area (Å²) in [5.74, 6) is 0. The molecule has 2 N–H and O–H groups in total. The molecule has 0 atom stereocenters. The molecule has 0 bridgehead atoms. The van der Waals surface area contributed by atoms with Gasteiger partial charge in [0.2, 0.25) is 0 Å². The zero-order chi connectivity index (χ0) is 10.9. The van der Waals surface area contributed by atoms with Crippen molar-refractivity contribution in [2.45, 2.75) is 0 Å². The molecular formula is C12H12O2S. The Bertz CT molecular complexity index is 324. The van der Waals surface area contributed by atoms with Gasteiger partial charge in [-0.15, -0.1) is 0 Å². The van der Waals surface area contributed by atoms with Crippen molar-refractivity contribution >= 4 is 12.3 Å². The molecule has 0 saturated carbocycles. The molecule has 0 heterocycles. The average Bonchev–Trinajstić information content (AvgIpc) is 2.32. The molecule has 2 nitrogen and oxygen atoms in total. The molecule has 0 amide bonds. The number of hydrogen-bond acceptors (Lipinski definition) is 3. The van der Waals surface area contributed by atoms with Crippen LogP contribution in [0.3, 0.4) is 0 Å². The van der Waals surface area contributed by atoms with Gasteiger partial charge in [0.05, 0.1) is 0 Å². The lowest BCUT2D eigenvalue weighted by molar-refractivity contribution is 0.541. The summed E-state index contributed by atoms with van der Waals surface area (Å²) < 4.78 is 14.1. The summed E-state index contributed by atoms with van der Waals surface area (Å²) in [6, 6.07) is 20.8. The van der Waals surface area contributed by atoms with Crippen LogP contribution in [0.5, 0.6) is 0 Å². The van der Waals surface area contributed by atoms with Gasteiger partial charge in [0.15, 0.2) is 12.3 Å². The van der Waals surface area contributed by atoms with Gasteiger partial charge in [-0.05, 0) is 11.1 Å². The van der Waals surface area contributed by atoms with E-state index in [9.17, 15) is 0 Å². The van der Waals surface area contributed by atoms with Gasteiger partial charge in [-0.3, -0.25) is 0 Å². The summed E-state index contributed by atoms with van der Waals surface area (Å²) in [5, 5.41) is 0. The van der Waals surface area contributed by atoms with Crippen molar-refractivity contribution in [1.82, 2.24) is 0 Å². The maximum absolute atomic E-state index is 7.04. The normalized spacial score (nSPS) is 8.93. The molecule has 0 unspecified atom stereocenters. The van der Waals surface area contributed by atoms with Gasteiger partial charge in [-0.25, -0.2) is 0 Å². The first-order chi connectivity index (χ1) is 7.38. The van der Waals surface area contributed by atoms with Crippen LogP contribution in [0, 0.1) is 0 Å². The second kappa shape index (κ2) is 7.06. The monoisotopic (exact) mass is 220 g/mol. The maximum atomic E-state index is 7.04. The van der Waals surface area contributed by atoms with E-state index in [2.05, 4.69) is 48.5 Å². The molecule has 0 fully saturated rings. The lowest BCUT2D eigenvalue weighted by Crippen LogP contribution is -1.73. The highest BCUT2D eigenvalue weighted by Crippen LogP contribution is 2.17. The fourth-order valence-electron chi connectivity index (χ4n) is 1.26. The average molecular weight is 220 g/mol. The molecule has 0 aromatic heterocycles. The van der Waals surface area contributed by atoms with Gasteiger partial charge in [-0.1, -0.05) is 60.7 Å².